The van der Waals surface area contributed by atoms with Crippen molar-refractivity contribution in [3.63, 3.8) is 0 Å². The zero-order chi connectivity index (χ0) is 16.3. The first-order valence-electron chi connectivity index (χ1n) is 6.94. The number of nitrogens with one attached hydrogen (secondary N) is 2. The fourth-order valence-electron chi connectivity index (χ4n) is 2.13. The molecule has 1 atom stereocenters. The van der Waals surface area contributed by atoms with Crippen molar-refractivity contribution in [1.82, 2.24) is 4.72 Å². The van der Waals surface area contributed by atoms with Crippen molar-refractivity contribution in [3.05, 3.63) is 23.8 Å². The second-order valence-electron chi connectivity index (χ2n) is 4.93. The highest BCUT2D eigenvalue weighted by molar-refractivity contribution is 7.90. The molecule has 1 aliphatic rings. The number of carbonyl (C=O) groups is 2. The van der Waals surface area contributed by atoms with Gasteiger partial charge in [0.2, 0.25) is 5.91 Å². The zero-order valence-corrected chi connectivity index (χ0v) is 13.2. The van der Waals surface area contributed by atoms with Gasteiger partial charge in [-0.15, -0.1) is 0 Å². The maximum atomic E-state index is 12.2. The van der Waals surface area contributed by atoms with E-state index in [0.717, 1.165) is 5.56 Å². The summed E-state index contributed by atoms with van der Waals surface area (Å²) in [5.74, 6) is -0.810. The Morgan fingerprint density at radius 2 is 2.14 bits per heavy atom. The molecule has 0 aliphatic carbocycles. The number of ether oxygens (including phenoxy) is 1. The van der Waals surface area contributed by atoms with Crippen molar-refractivity contribution >= 4 is 27.5 Å². The topological polar surface area (TPSA) is 102 Å². The molecule has 1 heterocycles. The molecule has 0 saturated carbocycles. The van der Waals surface area contributed by atoms with Crippen LogP contribution in [-0.4, -0.2) is 32.9 Å². The molecule has 0 fully saturated rings. The Balaban J connectivity index is 2.20. The first-order valence-corrected chi connectivity index (χ1v) is 8.43. The van der Waals surface area contributed by atoms with Gasteiger partial charge in [0, 0.05) is 18.7 Å². The molecule has 120 valence electrons. The molecule has 1 aromatic rings. The van der Waals surface area contributed by atoms with Gasteiger partial charge in [0.05, 0.1) is 4.90 Å². The number of fused-ring (bicyclic) bond motifs is 1. The van der Waals surface area contributed by atoms with E-state index in [-0.39, 0.29) is 10.8 Å². The molecule has 0 aromatic heterocycles. The molecule has 0 radical (unpaired) electrons. The van der Waals surface area contributed by atoms with Gasteiger partial charge in [-0.05, 0) is 44.0 Å². The minimum atomic E-state index is -3.96. The van der Waals surface area contributed by atoms with Gasteiger partial charge in [0.25, 0.3) is 15.9 Å². The Morgan fingerprint density at radius 3 is 2.82 bits per heavy atom. The van der Waals surface area contributed by atoms with E-state index in [0.29, 0.717) is 25.1 Å². The molecular weight excluding hydrogens is 308 g/mol. The number of sulfonamides is 1. The zero-order valence-electron chi connectivity index (χ0n) is 12.4. The van der Waals surface area contributed by atoms with Crippen molar-refractivity contribution in [1.29, 1.82) is 0 Å². The molecule has 7 nitrogen and oxygen atoms in total. The monoisotopic (exact) mass is 326 g/mol. The number of anilines is 1. The lowest BCUT2D eigenvalue weighted by atomic mass is 10.0. The van der Waals surface area contributed by atoms with Crippen molar-refractivity contribution in [3.8, 4) is 0 Å². The van der Waals surface area contributed by atoms with E-state index in [9.17, 15) is 18.0 Å². The fourth-order valence-corrected chi connectivity index (χ4v) is 3.22. The minimum absolute atomic E-state index is 0.0144. The second kappa shape index (κ2) is 6.45. The summed E-state index contributed by atoms with van der Waals surface area (Å²) in [6.45, 7) is 3.51. The van der Waals surface area contributed by atoms with Crippen LogP contribution in [0.15, 0.2) is 23.1 Å². The summed E-state index contributed by atoms with van der Waals surface area (Å²) in [6, 6.07) is 4.35. The number of aryl methyl sites for hydroxylation is 1. The Labute approximate surface area is 129 Å². The lowest BCUT2D eigenvalue weighted by Gasteiger charge is -2.18. The van der Waals surface area contributed by atoms with E-state index in [1.165, 1.54) is 25.1 Å². The minimum Gasteiger partial charge on any atom is -0.369 e. The summed E-state index contributed by atoms with van der Waals surface area (Å²) >= 11 is 0. The number of benzene rings is 1. The smallest absolute Gasteiger partial charge is 0.264 e. The first kappa shape index (κ1) is 16.4. The molecule has 2 N–H and O–H groups in total. The number of carbonyl (C=O) groups excluding carboxylic acids is 2. The maximum Gasteiger partial charge on any atom is 0.264 e. The molecule has 8 heteroatoms. The summed E-state index contributed by atoms with van der Waals surface area (Å²) < 4.78 is 31.5. The first-order chi connectivity index (χ1) is 10.3. The highest BCUT2D eigenvalue weighted by atomic mass is 32.2. The fraction of sp³-hybridized carbons (Fsp3) is 0.429. The average Bonchev–Trinajstić information content (AvgIpc) is 2.46. The standard InChI is InChI=1S/C14H18N2O5S/c1-3-21-9(2)14(18)16-22(19,20)11-5-6-12-10(8-11)4-7-13(17)15-12/h5-6,8-9H,3-4,7H2,1-2H3,(H,15,17)(H,16,18). The Hall–Kier alpha value is -1.93. The van der Waals surface area contributed by atoms with Crippen molar-refractivity contribution in [2.75, 3.05) is 11.9 Å². The van der Waals surface area contributed by atoms with Crippen LogP contribution >= 0.6 is 0 Å². The summed E-state index contributed by atoms with van der Waals surface area (Å²) in [5.41, 5.74) is 1.33. The van der Waals surface area contributed by atoms with Crippen LogP contribution in [0.1, 0.15) is 25.8 Å². The van der Waals surface area contributed by atoms with Crippen LogP contribution in [0.5, 0.6) is 0 Å². The normalized spacial score (nSPS) is 15.6. The van der Waals surface area contributed by atoms with Crippen molar-refractivity contribution < 1.29 is 22.7 Å². The van der Waals surface area contributed by atoms with Gasteiger partial charge < -0.3 is 10.1 Å². The highest BCUT2D eigenvalue weighted by Gasteiger charge is 2.24. The third-order valence-electron chi connectivity index (χ3n) is 3.30. The summed E-state index contributed by atoms with van der Waals surface area (Å²) in [7, 11) is -3.96. The second-order valence-corrected chi connectivity index (χ2v) is 6.62. The number of hydrogen-bond acceptors (Lipinski definition) is 5. The number of amides is 2. The molecule has 0 spiro atoms. The SMILES string of the molecule is CCOC(C)C(=O)NS(=O)(=O)c1ccc2c(c1)CCC(=O)N2. The van der Waals surface area contributed by atoms with E-state index >= 15 is 0 Å². The molecular formula is C14H18N2O5S. The average molecular weight is 326 g/mol. The maximum absolute atomic E-state index is 12.2. The molecule has 0 bridgehead atoms. The predicted octanol–water partition coefficient (Wildman–Crippen LogP) is 0.801. The number of hydrogen-bond donors (Lipinski definition) is 2. The van der Waals surface area contributed by atoms with Gasteiger partial charge in [-0.2, -0.15) is 0 Å². The Kier molecular flexibility index (Phi) is 4.82. The summed E-state index contributed by atoms with van der Waals surface area (Å²) in [5, 5.41) is 2.67. The van der Waals surface area contributed by atoms with Crippen LogP contribution < -0.4 is 10.0 Å². The van der Waals surface area contributed by atoms with Crippen LogP contribution in [0, 0.1) is 0 Å². The van der Waals surface area contributed by atoms with Gasteiger partial charge in [-0.1, -0.05) is 0 Å². The van der Waals surface area contributed by atoms with Gasteiger partial charge in [0.1, 0.15) is 6.10 Å². The van der Waals surface area contributed by atoms with Crippen LogP contribution in [0.2, 0.25) is 0 Å². The third-order valence-corrected chi connectivity index (χ3v) is 4.65. The molecule has 1 aromatic carbocycles. The third kappa shape index (κ3) is 3.63. The molecule has 0 saturated heterocycles. The quantitative estimate of drug-likeness (QED) is 0.833. The Bertz CT molecular complexity index is 699. The number of rotatable bonds is 5. The highest BCUT2D eigenvalue weighted by Crippen LogP contribution is 2.25. The van der Waals surface area contributed by atoms with Crippen molar-refractivity contribution in [2.45, 2.75) is 37.7 Å². The molecule has 2 rings (SSSR count). The lowest BCUT2D eigenvalue weighted by molar-refractivity contribution is -0.129. The molecule has 1 aliphatic heterocycles. The van der Waals surface area contributed by atoms with Gasteiger partial charge in [-0.3, -0.25) is 9.59 Å². The molecule has 1 unspecified atom stereocenters. The lowest BCUT2D eigenvalue weighted by Crippen LogP contribution is -2.38. The van der Waals surface area contributed by atoms with E-state index in [1.807, 2.05) is 4.72 Å². The van der Waals surface area contributed by atoms with E-state index in [1.54, 1.807) is 6.92 Å². The van der Waals surface area contributed by atoms with Crippen LogP contribution in [0.4, 0.5) is 5.69 Å². The van der Waals surface area contributed by atoms with Crippen molar-refractivity contribution in [2.24, 2.45) is 0 Å². The Morgan fingerprint density at radius 1 is 1.41 bits per heavy atom. The summed E-state index contributed by atoms with van der Waals surface area (Å²) in [4.78, 5) is 23.1. The molecule has 2 amide bonds. The van der Waals surface area contributed by atoms with E-state index < -0.39 is 22.0 Å². The van der Waals surface area contributed by atoms with Crippen LogP contribution in [-0.2, 0) is 30.8 Å². The van der Waals surface area contributed by atoms with Gasteiger partial charge in [0.15, 0.2) is 0 Å². The molecule has 22 heavy (non-hydrogen) atoms. The van der Waals surface area contributed by atoms with Gasteiger partial charge in [-0.25, -0.2) is 13.1 Å². The van der Waals surface area contributed by atoms with E-state index in [4.69, 9.17) is 4.74 Å². The van der Waals surface area contributed by atoms with E-state index in [2.05, 4.69) is 5.32 Å². The van der Waals surface area contributed by atoms with Gasteiger partial charge >= 0.3 is 0 Å². The predicted molar refractivity (Wildman–Crippen MR) is 79.8 cm³/mol. The summed E-state index contributed by atoms with van der Waals surface area (Å²) in [6.07, 6.45) is -0.0744. The largest absolute Gasteiger partial charge is 0.369 e. The van der Waals surface area contributed by atoms with Crippen LogP contribution in [0.25, 0.3) is 0 Å². The van der Waals surface area contributed by atoms with Crippen LogP contribution in [0.3, 0.4) is 0 Å².